The standard InChI is InChI=1S/C10H18O4/c1-7-5-6-8(2,10(4,12)13-7)14-9(7,3)11/h11-12H,5-6H2,1-4H3/t7-,8+,9+,10-. The quantitative estimate of drug-likeness (QED) is 0.609. The van der Waals surface area contributed by atoms with Gasteiger partial charge in [-0.2, -0.15) is 0 Å². The zero-order chi connectivity index (χ0) is 10.8. The maximum atomic E-state index is 10.1. The van der Waals surface area contributed by atoms with Gasteiger partial charge in [0.05, 0.1) is 0 Å². The summed E-state index contributed by atoms with van der Waals surface area (Å²) in [6, 6.07) is 0. The molecule has 3 rings (SSSR count). The summed E-state index contributed by atoms with van der Waals surface area (Å²) in [7, 11) is 0. The molecule has 3 heterocycles. The first-order valence-electron chi connectivity index (χ1n) is 4.97. The molecule has 0 spiro atoms. The van der Waals surface area contributed by atoms with Gasteiger partial charge in [-0.15, -0.1) is 0 Å². The predicted octanol–water partition coefficient (Wildman–Crippen LogP) is 0.761. The monoisotopic (exact) mass is 202 g/mol. The second kappa shape index (κ2) is 2.32. The minimum absolute atomic E-state index is 0.687. The van der Waals surface area contributed by atoms with E-state index in [1.54, 1.807) is 27.7 Å². The van der Waals surface area contributed by atoms with E-state index >= 15 is 0 Å². The van der Waals surface area contributed by atoms with Gasteiger partial charge in [0.15, 0.2) is 11.6 Å². The highest BCUT2D eigenvalue weighted by Gasteiger charge is 2.67. The molecule has 0 amide bonds. The van der Waals surface area contributed by atoms with Gasteiger partial charge in [-0.05, 0) is 40.5 Å². The molecule has 3 fully saturated rings. The van der Waals surface area contributed by atoms with Gasteiger partial charge in [-0.25, -0.2) is 0 Å². The molecule has 0 aromatic rings. The average Bonchev–Trinajstić information content (AvgIpc) is 1.94. The molecule has 3 saturated heterocycles. The Bertz CT molecular complexity index is 245. The molecule has 0 aliphatic carbocycles. The lowest BCUT2D eigenvalue weighted by atomic mass is 9.74. The average molecular weight is 202 g/mol. The van der Waals surface area contributed by atoms with Gasteiger partial charge < -0.3 is 19.7 Å². The summed E-state index contributed by atoms with van der Waals surface area (Å²) in [4.78, 5) is 0. The van der Waals surface area contributed by atoms with Gasteiger partial charge in [-0.1, -0.05) is 0 Å². The van der Waals surface area contributed by atoms with Crippen molar-refractivity contribution >= 4 is 0 Å². The molecule has 4 nitrogen and oxygen atoms in total. The van der Waals surface area contributed by atoms with Crippen molar-refractivity contribution in [3.63, 3.8) is 0 Å². The number of ether oxygens (including phenoxy) is 2. The van der Waals surface area contributed by atoms with E-state index in [0.29, 0.717) is 12.8 Å². The van der Waals surface area contributed by atoms with Crippen LogP contribution in [-0.2, 0) is 9.47 Å². The van der Waals surface area contributed by atoms with Crippen molar-refractivity contribution in [2.24, 2.45) is 0 Å². The lowest BCUT2D eigenvalue weighted by Gasteiger charge is -2.63. The van der Waals surface area contributed by atoms with E-state index in [2.05, 4.69) is 0 Å². The molecule has 82 valence electrons. The van der Waals surface area contributed by atoms with Crippen LogP contribution < -0.4 is 0 Å². The van der Waals surface area contributed by atoms with E-state index in [1.807, 2.05) is 0 Å². The molecule has 2 N–H and O–H groups in total. The zero-order valence-electron chi connectivity index (χ0n) is 9.13. The van der Waals surface area contributed by atoms with Crippen molar-refractivity contribution in [1.82, 2.24) is 0 Å². The second-order valence-electron chi connectivity index (χ2n) is 5.13. The third-order valence-corrected chi connectivity index (χ3v) is 3.89. The molecule has 4 atom stereocenters. The molecule has 4 heteroatoms. The summed E-state index contributed by atoms with van der Waals surface area (Å²) >= 11 is 0. The van der Waals surface area contributed by atoms with E-state index in [9.17, 15) is 10.2 Å². The molecular weight excluding hydrogens is 184 g/mol. The van der Waals surface area contributed by atoms with Crippen LogP contribution in [0.1, 0.15) is 40.5 Å². The molecule has 3 aliphatic rings. The van der Waals surface area contributed by atoms with Crippen LogP contribution in [0, 0.1) is 0 Å². The van der Waals surface area contributed by atoms with Crippen molar-refractivity contribution < 1.29 is 19.7 Å². The second-order valence-corrected chi connectivity index (χ2v) is 5.13. The Hall–Kier alpha value is -0.160. The third-order valence-electron chi connectivity index (χ3n) is 3.89. The SMILES string of the molecule is C[C@]1(O)O[C@@]2(C)CC[C@@]1(C)O[C@@]2(C)O. The summed E-state index contributed by atoms with van der Waals surface area (Å²) in [6.45, 7) is 6.69. The summed E-state index contributed by atoms with van der Waals surface area (Å²) < 4.78 is 11.1. The van der Waals surface area contributed by atoms with Gasteiger partial charge in [0, 0.05) is 0 Å². The smallest absolute Gasteiger partial charge is 0.192 e. The first-order chi connectivity index (χ1) is 6.12. The Balaban J connectivity index is 2.43. The molecule has 3 aliphatic heterocycles. The Morgan fingerprint density at radius 1 is 0.786 bits per heavy atom. The van der Waals surface area contributed by atoms with Gasteiger partial charge in [0.1, 0.15) is 11.2 Å². The van der Waals surface area contributed by atoms with Crippen molar-refractivity contribution in [3.05, 3.63) is 0 Å². The predicted molar refractivity (Wildman–Crippen MR) is 49.5 cm³/mol. The van der Waals surface area contributed by atoms with Crippen LogP contribution in [-0.4, -0.2) is 33.0 Å². The first kappa shape index (κ1) is 10.4. The lowest BCUT2D eigenvalue weighted by Crippen LogP contribution is -2.76. The summed E-state index contributed by atoms with van der Waals surface area (Å²) in [5.74, 6) is -2.66. The minimum Gasteiger partial charge on any atom is -0.363 e. The van der Waals surface area contributed by atoms with Crippen LogP contribution in [0.2, 0.25) is 0 Å². The molecule has 14 heavy (non-hydrogen) atoms. The van der Waals surface area contributed by atoms with Crippen molar-refractivity contribution in [2.45, 2.75) is 63.3 Å². The number of rotatable bonds is 0. The minimum atomic E-state index is -1.33. The summed E-state index contributed by atoms with van der Waals surface area (Å²) in [5.41, 5.74) is -1.65. The van der Waals surface area contributed by atoms with Crippen LogP contribution in [0.15, 0.2) is 0 Å². The number of hydrogen-bond donors (Lipinski definition) is 2. The lowest BCUT2D eigenvalue weighted by molar-refractivity contribution is -0.497. The molecule has 0 saturated carbocycles. The highest BCUT2D eigenvalue weighted by molar-refractivity contribution is 5.08. The molecular formula is C10H18O4. The summed E-state index contributed by atoms with van der Waals surface area (Å²) in [6.07, 6.45) is 1.37. The first-order valence-corrected chi connectivity index (χ1v) is 4.97. The Morgan fingerprint density at radius 3 is 1.29 bits per heavy atom. The number of aliphatic hydroxyl groups is 2. The van der Waals surface area contributed by atoms with Gasteiger partial charge in [0.25, 0.3) is 0 Å². The maximum Gasteiger partial charge on any atom is 0.192 e. The Labute approximate surface area is 83.8 Å². The highest BCUT2D eigenvalue weighted by atomic mass is 16.8. The normalized spacial score (nSPS) is 63.0. The fourth-order valence-electron chi connectivity index (χ4n) is 2.33. The Morgan fingerprint density at radius 2 is 1.07 bits per heavy atom. The van der Waals surface area contributed by atoms with Gasteiger partial charge in [-0.3, -0.25) is 0 Å². The topological polar surface area (TPSA) is 58.9 Å². The molecule has 0 unspecified atom stereocenters. The van der Waals surface area contributed by atoms with Crippen molar-refractivity contribution in [3.8, 4) is 0 Å². The molecule has 0 aromatic carbocycles. The van der Waals surface area contributed by atoms with Crippen LogP contribution >= 0.6 is 0 Å². The van der Waals surface area contributed by atoms with Crippen molar-refractivity contribution in [1.29, 1.82) is 0 Å². The maximum absolute atomic E-state index is 10.1. The van der Waals surface area contributed by atoms with E-state index in [0.717, 1.165) is 0 Å². The zero-order valence-corrected chi connectivity index (χ0v) is 9.13. The van der Waals surface area contributed by atoms with Crippen LogP contribution in [0.4, 0.5) is 0 Å². The van der Waals surface area contributed by atoms with Gasteiger partial charge in [0.2, 0.25) is 0 Å². The van der Waals surface area contributed by atoms with Crippen molar-refractivity contribution in [2.75, 3.05) is 0 Å². The Kier molecular flexibility index (Phi) is 1.72. The molecule has 0 aromatic heterocycles. The highest BCUT2D eigenvalue weighted by Crippen LogP contribution is 2.54. The third kappa shape index (κ3) is 1.03. The van der Waals surface area contributed by atoms with E-state index in [-0.39, 0.29) is 0 Å². The van der Waals surface area contributed by atoms with E-state index in [1.165, 1.54) is 0 Å². The molecule has 0 radical (unpaired) electrons. The fourth-order valence-corrected chi connectivity index (χ4v) is 2.33. The van der Waals surface area contributed by atoms with Crippen LogP contribution in [0.5, 0.6) is 0 Å². The van der Waals surface area contributed by atoms with Gasteiger partial charge >= 0.3 is 0 Å². The molecule has 2 bridgehead atoms. The fraction of sp³-hybridized carbons (Fsp3) is 1.00. The van der Waals surface area contributed by atoms with E-state index in [4.69, 9.17) is 9.47 Å². The van der Waals surface area contributed by atoms with Crippen LogP contribution in [0.25, 0.3) is 0 Å². The van der Waals surface area contributed by atoms with Crippen LogP contribution in [0.3, 0.4) is 0 Å². The van der Waals surface area contributed by atoms with E-state index < -0.39 is 22.8 Å². The number of hydrogen-bond acceptors (Lipinski definition) is 4. The number of fused-ring (bicyclic) bond motifs is 3. The largest absolute Gasteiger partial charge is 0.363 e. The summed E-state index contributed by atoms with van der Waals surface area (Å²) in [5, 5.41) is 20.1.